The van der Waals surface area contributed by atoms with Crippen LogP contribution in [0.25, 0.3) is 0 Å². The Morgan fingerprint density at radius 2 is 1.77 bits per heavy atom. The molecule has 2 rings (SSSR count). The standard InChI is InChI=1S/C16H15ClN2O3/c1-21-14-6-8-15(9-7-14)22-11-16(20)19-18-10-12-2-4-13(17)5-3-12/h2-10H,11H2,1H3,(H,19,20). The Morgan fingerprint density at radius 1 is 1.14 bits per heavy atom. The molecule has 2 aromatic carbocycles. The Bertz CT molecular complexity index is 639. The topological polar surface area (TPSA) is 59.9 Å². The van der Waals surface area contributed by atoms with Crippen molar-refractivity contribution >= 4 is 23.7 Å². The molecule has 0 unspecified atom stereocenters. The van der Waals surface area contributed by atoms with Crippen LogP contribution in [0.2, 0.25) is 5.02 Å². The maximum Gasteiger partial charge on any atom is 0.277 e. The van der Waals surface area contributed by atoms with Crippen LogP contribution < -0.4 is 14.9 Å². The molecule has 0 aliphatic rings. The number of rotatable bonds is 6. The van der Waals surface area contributed by atoms with Crippen LogP contribution in [0.1, 0.15) is 5.56 Å². The second kappa shape index (κ2) is 8.05. The summed E-state index contributed by atoms with van der Waals surface area (Å²) in [6.07, 6.45) is 1.53. The minimum atomic E-state index is -0.346. The average Bonchev–Trinajstić information content (AvgIpc) is 2.55. The minimum absolute atomic E-state index is 0.121. The van der Waals surface area contributed by atoms with Gasteiger partial charge in [0.05, 0.1) is 13.3 Å². The van der Waals surface area contributed by atoms with Crippen molar-refractivity contribution in [1.29, 1.82) is 0 Å². The van der Waals surface area contributed by atoms with Gasteiger partial charge in [0.15, 0.2) is 6.61 Å². The third kappa shape index (κ3) is 5.10. The van der Waals surface area contributed by atoms with Crippen molar-refractivity contribution in [2.45, 2.75) is 0 Å². The first kappa shape index (κ1) is 15.9. The van der Waals surface area contributed by atoms with Gasteiger partial charge in [-0.3, -0.25) is 4.79 Å². The Balaban J connectivity index is 1.76. The van der Waals surface area contributed by atoms with E-state index in [1.165, 1.54) is 6.21 Å². The van der Waals surface area contributed by atoms with Gasteiger partial charge in [0, 0.05) is 5.02 Å². The van der Waals surface area contributed by atoms with E-state index in [0.29, 0.717) is 10.8 Å². The highest BCUT2D eigenvalue weighted by Crippen LogP contribution is 2.16. The molecule has 0 aliphatic heterocycles. The summed E-state index contributed by atoms with van der Waals surface area (Å²) in [5.74, 6) is 0.961. The largest absolute Gasteiger partial charge is 0.497 e. The van der Waals surface area contributed by atoms with Gasteiger partial charge in [0.25, 0.3) is 5.91 Å². The van der Waals surface area contributed by atoms with Gasteiger partial charge in [-0.25, -0.2) is 5.43 Å². The number of nitrogens with zero attached hydrogens (tertiary/aromatic N) is 1. The van der Waals surface area contributed by atoms with Crippen molar-refractivity contribution in [1.82, 2.24) is 5.43 Å². The Labute approximate surface area is 133 Å². The molecule has 0 saturated carbocycles. The van der Waals surface area contributed by atoms with E-state index in [2.05, 4.69) is 10.5 Å². The van der Waals surface area contributed by atoms with Crippen LogP contribution in [0.4, 0.5) is 0 Å². The predicted molar refractivity (Wildman–Crippen MR) is 85.7 cm³/mol. The van der Waals surface area contributed by atoms with Gasteiger partial charge in [-0.1, -0.05) is 23.7 Å². The average molecular weight is 319 g/mol. The molecule has 6 heteroatoms. The maximum atomic E-state index is 11.6. The number of ether oxygens (including phenoxy) is 2. The van der Waals surface area contributed by atoms with E-state index in [0.717, 1.165) is 11.3 Å². The van der Waals surface area contributed by atoms with E-state index in [9.17, 15) is 4.79 Å². The van der Waals surface area contributed by atoms with Crippen molar-refractivity contribution in [3.8, 4) is 11.5 Å². The van der Waals surface area contributed by atoms with Gasteiger partial charge in [-0.2, -0.15) is 5.10 Å². The lowest BCUT2D eigenvalue weighted by atomic mass is 10.2. The summed E-state index contributed by atoms with van der Waals surface area (Å²) in [7, 11) is 1.59. The predicted octanol–water partition coefficient (Wildman–Crippen LogP) is 2.88. The molecule has 1 amide bonds. The molecule has 5 nitrogen and oxygen atoms in total. The van der Waals surface area contributed by atoms with Crippen LogP contribution >= 0.6 is 11.6 Å². The number of halogens is 1. The highest BCUT2D eigenvalue weighted by molar-refractivity contribution is 6.30. The lowest BCUT2D eigenvalue weighted by Crippen LogP contribution is -2.24. The summed E-state index contributed by atoms with van der Waals surface area (Å²) in [4.78, 5) is 11.6. The molecule has 0 atom stereocenters. The van der Waals surface area contributed by atoms with Crippen LogP contribution in [-0.4, -0.2) is 25.8 Å². The zero-order valence-electron chi connectivity index (χ0n) is 12.0. The van der Waals surface area contributed by atoms with Gasteiger partial charge < -0.3 is 9.47 Å². The van der Waals surface area contributed by atoms with E-state index in [1.54, 1.807) is 55.6 Å². The lowest BCUT2D eigenvalue weighted by molar-refractivity contribution is -0.123. The molecule has 0 radical (unpaired) electrons. The summed E-state index contributed by atoms with van der Waals surface area (Å²) in [6.45, 7) is -0.121. The molecule has 0 heterocycles. The molecule has 114 valence electrons. The summed E-state index contributed by atoms with van der Waals surface area (Å²) >= 11 is 5.78. The maximum absolute atomic E-state index is 11.6. The lowest BCUT2D eigenvalue weighted by Gasteiger charge is -2.05. The number of carbonyl (C=O) groups excluding carboxylic acids is 1. The highest BCUT2D eigenvalue weighted by Gasteiger charge is 2.01. The first-order chi connectivity index (χ1) is 10.7. The van der Waals surface area contributed by atoms with Crippen LogP contribution in [0.15, 0.2) is 53.6 Å². The number of hydrogen-bond donors (Lipinski definition) is 1. The van der Waals surface area contributed by atoms with Gasteiger partial charge in [-0.05, 0) is 42.0 Å². The van der Waals surface area contributed by atoms with E-state index >= 15 is 0 Å². The first-order valence-corrected chi connectivity index (χ1v) is 6.89. The summed E-state index contributed by atoms with van der Waals surface area (Å²) in [5.41, 5.74) is 3.22. The third-order valence-corrected chi connectivity index (χ3v) is 2.95. The molecule has 0 spiro atoms. The van der Waals surface area contributed by atoms with Gasteiger partial charge >= 0.3 is 0 Å². The second-order valence-electron chi connectivity index (χ2n) is 4.31. The number of hydrogen-bond acceptors (Lipinski definition) is 4. The van der Waals surface area contributed by atoms with Crippen molar-refractivity contribution in [3.05, 3.63) is 59.1 Å². The van der Waals surface area contributed by atoms with Crippen molar-refractivity contribution < 1.29 is 14.3 Å². The van der Waals surface area contributed by atoms with E-state index < -0.39 is 0 Å². The fourth-order valence-corrected chi connectivity index (χ4v) is 1.71. The molecule has 2 aromatic rings. The fraction of sp³-hybridized carbons (Fsp3) is 0.125. The normalized spacial score (nSPS) is 10.5. The van der Waals surface area contributed by atoms with E-state index in [1.807, 2.05) is 0 Å². The Morgan fingerprint density at radius 3 is 2.41 bits per heavy atom. The quantitative estimate of drug-likeness (QED) is 0.658. The number of hydrazone groups is 1. The molecule has 0 aromatic heterocycles. The molecular formula is C16H15ClN2O3. The van der Waals surface area contributed by atoms with Gasteiger partial charge in [-0.15, -0.1) is 0 Å². The van der Waals surface area contributed by atoms with Gasteiger partial charge in [0.1, 0.15) is 11.5 Å². The summed E-state index contributed by atoms with van der Waals surface area (Å²) < 4.78 is 10.4. The molecule has 0 aliphatic carbocycles. The number of nitrogens with one attached hydrogen (secondary N) is 1. The Kier molecular flexibility index (Phi) is 5.80. The molecular weight excluding hydrogens is 304 g/mol. The van der Waals surface area contributed by atoms with Crippen LogP contribution in [0.3, 0.4) is 0 Å². The van der Waals surface area contributed by atoms with Crippen LogP contribution in [0, 0.1) is 0 Å². The van der Waals surface area contributed by atoms with Crippen LogP contribution in [-0.2, 0) is 4.79 Å². The first-order valence-electron chi connectivity index (χ1n) is 6.52. The number of methoxy groups -OCH3 is 1. The summed E-state index contributed by atoms with van der Waals surface area (Å²) in [5, 5.41) is 4.49. The second-order valence-corrected chi connectivity index (χ2v) is 4.75. The zero-order valence-corrected chi connectivity index (χ0v) is 12.7. The minimum Gasteiger partial charge on any atom is -0.497 e. The van der Waals surface area contributed by atoms with Gasteiger partial charge in [0.2, 0.25) is 0 Å². The fourth-order valence-electron chi connectivity index (χ4n) is 1.58. The molecule has 0 bridgehead atoms. The smallest absolute Gasteiger partial charge is 0.277 e. The molecule has 0 saturated heterocycles. The number of amides is 1. The van der Waals surface area contributed by atoms with Crippen molar-refractivity contribution in [3.63, 3.8) is 0 Å². The Hall–Kier alpha value is -2.53. The summed E-state index contributed by atoms with van der Waals surface area (Å²) in [6, 6.07) is 14.1. The molecule has 22 heavy (non-hydrogen) atoms. The third-order valence-electron chi connectivity index (χ3n) is 2.70. The highest BCUT2D eigenvalue weighted by atomic mass is 35.5. The number of benzene rings is 2. The van der Waals surface area contributed by atoms with Crippen molar-refractivity contribution in [2.24, 2.45) is 5.10 Å². The van der Waals surface area contributed by atoms with E-state index in [-0.39, 0.29) is 12.5 Å². The molecule has 0 fully saturated rings. The van der Waals surface area contributed by atoms with Crippen molar-refractivity contribution in [2.75, 3.05) is 13.7 Å². The van der Waals surface area contributed by atoms with E-state index in [4.69, 9.17) is 21.1 Å². The van der Waals surface area contributed by atoms with Crippen LogP contribution in [0.5, 0.6) is 11.5 Å². The number of carbonyl (C=O) groups is 1. The zero-order chi connectivity index (χ0) is 15.8. The monoisotopic (exact) mass is 318 g/mol. The molecule has 1 N–H and O–H groups in total. The SMILES string of the molecule is COc1ccc(OCC(=O)NN=Cc2ccc(Cl)cc2)cc1.